The van der Waals surface area contributed by atoms with Crippen molar-refractivity contribution in [3.05, 3.63) is 12.2 Å². The summed E-state index contributed by atoms with van der Waals surface area (Å²) in [7, 11) is 0. The van der Waals surface area contributed by atoms with Crippen LogP contribution < -0.4 is 5.32 Å². The molecule has 6 nitrogen and oxygen atoms in total. The molecule has 2 unspecified atom stereocenters. The van der Waals surface area contributed by atoms with Gasteiger partial charge in [-0.15, -0.1) is 0 Å². The summed E-state index contributed by atoms with van der Waals surface area (Å²) in [6.45, 7) is 4.95. The van der Waals surface area contributed by atoms with Crippen LogP contribution in [0.5, 0.6) is 0 Å². The van der Waals surface area contributed by atoms with E-state index >= 15 is 0 Å². The van der Waals surface area contributed by atoms with Gasteiger partial charge in [-0.05, 0) is 32.1 Å². The predicted octanol–water partition coefficient (Wildman–Crippen LogP) is 22.8. The predicted molar refractivity (Wildman–Crippen MR) is 338 cm³/mol. The number of ether oxygens (including phenoxy) is 1. The summed E-state index contributed by atoms with van der Waals surface area (Å²) in [6.07, 6.45) is 82.9. The number of unbranched alkanes of at least 4 members (excludes halogenated alkanes) is 56. The Balaban J connectivity index is 3.40. The number of hydrogen-bond donors (Lipinski definition) is 3. The first-order valence-corrected chi connectivity index (χ1v) is 35.5. The van der Waals surface area contributed by atoms with E-state index in [1.54, 1.807) is 6.08 Å². The van der Waals surface area contributed by atoms with Crippen molar-refractivity contribution in [3.63, 3.8) is 0 Å². The lowest BCUT2D eigenvalue weighted by atomic mass is 10.0. The van der Waals surface area contributed by atoms with E-state index in [2.05, 4.69) is 19.2 Å². The second kappa shape index (κ2) is 67.1. The molecule has 0 aliphatic heterocycles. The van der Waals surface area contributed by atoms with Crippen LogP contribution in [0.2, 0.25) is 0 Å². The average Bonchev–Trinajstić information content (AvgIpc) is 3.43. The number of aliphatic hydroxyl groups excluding tert-OH is 2. The summed E-state index contributed by atoms with van der Waals surface area (Å²) in [5.74, 6) is -0.0465. The lowest BCUT2D eigenvalue weighted by Gasteiger charge is -2.20. The van der Waals surface area contributed by atoms with Gasteiger partial charge < -0.3 is 20.3 Å². The topological polar surface area (TPSA) is 95.9 Å². The van der Waals surface area contributed by atoms with E-state index in [1.165, 1.54) is 340 Å². The number of amides is 1. The van der Waals surface area contributed by atoms with E-state index in [1.807, 2.05) is 6.08 Å². The highest BCUT2D eigenvalue weighted by Gasteiger charge is 2.18. The Morgan fingerprint density at radius 1 is 0.351 bits per heavy atom. The molecule has 0 saturated carbocycles. The van der Waals surface area contributed by atoms with Gasteiger partial charge in [0.25, 0.3) is 0 Å². The van der Waals surface area contributed by atoms with Gasteiger partial charge >= 0.3 is 5.97 Å². The number of aliphatic hydroxyl groups is 2. The number of carbonyl (C=O) groups excluding carboxylic acids is 2. The Kier molecular flexibility index (Phi) is 65.9. The van der Waals surface area contributed by atoms with Gasteiger partial charge in [0.05, 0.1) is 25.4 Å². The third-order valence-electron chi connectivity index (χ3n) is 16.8. The Labute approximate surface area is 482 Å². The van der Waals surface area contributed by atoms with Crippen LogP contribution in [-0.2, 0) is 14.3 Å². The van der Waals surface area contributed by atoms with Crippen molar-refractivity contribution in [2.45, 2.75) is 418 Å². The summed E-state index contributed by atoms with van der Waals surface area (Å²) in [6, 6.07) is -0.628. The molecule has 0 fully saturated rings. The zero-order valence-electron chi connectivity index (χ0n) is 52.5. The summed E-state index contributed by atoms with van der Waals surface area (Å²) in [5.41, 5.74) is 0. The lowest BCUT2D eigenvalue weighted by molar-refractivity contribution is -0.143. The number of rotatable bonds is 67. The molecule has 1 amide bonds. The van der Waals surface area contributed by atoms with E-state index in [0.717, 1.165) is 38.5 Å². The number of carbonyl (C=O) groups is 2. The molecule has 0 radical (unpaired) electrons. The van der Waals surface area contributed by atoms with Gasteiger partial charge in [-0.1, -0.05) is 373 Å². The fraction of sp³-hybridized carbons (Fsp3) is 0.944. The van der Waals surface area contributed by atoms with E-state index in [4.69, 9.17) is 4.74 Å². The molecule has 0 rings (SSSR count). The van der Waals surface area contributed by atoms with Gasteiger partial charge in [-0.3, -0.25) is 9.59 Å². The monoisotopic (exact) mass is 1090 g/mol. The second-order valence-corrected chi connectivity index (χ2v) is 24.6. The highest BCUT2D eigenvalue weighted by molar-refractivity contribution is 5.76. The Hall–Kier alpha value is -1.40. The third-order valence-corrected chi connectivity index (χ3v) is 16.8. The fourth-order valence-electron chi connectivity index (χ4n) is 11.4. The molecule has 0 spiro atoms. The molecule has 77 heavy (non-hydrogen) atoms. The first-order chi connectivity index (χ1) is 38.0. The Bertz CT molecular complexity index is 1160. The van der Waals surface area contributed by atoms with Gasteiger partial charge in [0.15, 0.2) is 0 Å². The first-order valence-electron chi connectivity index (χ1n) is 35.5. The standard InChI is InChI=1S/C71H139NO5/c1-3-5-7-9-11-13-15-17-18-19-20-21-22-23-25-28-31-34-37-40-43-47-51-55-59-63-69(74)68(67-73)72-70(75)64-60-56-52-48-44-41-38-35-32-29-26-24-27-30-33-36-39-42-46-50-54-58-62-66-77-71(76)65-61-57-53-49-45-16-14-12-10-8-6-4-2/h59,63,68-69,73-74H,3-58,60-62,64-67H2,1-2H3,(H,72,75)/b63-59+. The maximum atomic E-state index is 12.5. The van der Waals surface area contributed by atoms with Crippen LogP contribution >= 0.6 is 0 Å². The van der Waals surface area contributed by atoms with Crippen molar-refractivity contribution in [1.82, 2.24) is 5.32 Å². The molecule has 3 N–H and O–H groups in total. The van der Waals surface area contributed by atoms with Gasteiger partial charge in [0.1, 0.15) is 0 Å². The molecule has 6 heteroatoms. The van der Waals surface area contributed by atoms with Gasteiger partial charge in [0, 0.05) is 12.8 Å². The van der Waals surface area contributed by atoms with Crippen molar-refractivity contribution >= 4 is 11.9 Å². The smallest absolute Gasteiger partial charge is 0.305 e. The van der Waals surface area contributed by atoms with E-state index < -0.39 is 12.1 Å². The average molecular weight is 1090 g/mol. The van der Waals surface area contributed by atoms with Crippen LogP contribution in [0.15, 0.2) is 12.2 Å². The van der Waals surface area contributed by atoms with E-state index in [-0.39, 0.29) is 18.5 Å². The minimum absolute atomic E-state index is 0.0157. The Morgan fingerprint density at radius 3 is 0.883 bits per heavy atom. The largest absolute Gasteiger partial charge is 0.466 e. The van der Waals surface area contributed by atoms with Crippen LogP contribution in [0.4, 0.5) is 0 Å². The van der Waals surface area contributed by atoms with Gasteiger partial charge in [0.2, 0.25) is 5.91 Å². The number of allylic oxidation sites excluding steroid dienone is 1. The van der Waals surface area contributed by atoms with Crippen molar-refractivity contribution in [1.29, 1.82) is 0 Å². The zero-order valence-corrected chi connectivity index (χ0v) is 52.5. The van der Waals surface area contributed by atoms with Crippen molar-refractivity contribution in [2.75, 3.05) is 13.2 Å². The number of hydrogen-bond acceptors (Lipinski definition) is 5. The molecule has 0 saturated heterocycles. The molecule has 0 bridgehead atoms. The zero-order chi connectivity index (χ0) is 55.7. The van der Waals surface area contributed by atoms with Crippen molar-refractivity contribution < 1.29 is 24.5 Å². The quantitative estimate of drug-likeness (QED) is 0.0320. The Morgan fingerprint density at radius 2 is 0.597 bits per heavy atom. The molecule has 0 aromatic carbocycles. The summed E-state index contributed by atoms with van der Waals surface area (Å²) >= 11 is 0. The number of nitrogens with one attached hydrogen (secondary N) is 1. The SMILES string of the molecule is CCCCCCCCCCCCCCCCCCCCCCCCC/C=C/C(O)C(CO)NC(=O)CCCCCCCCCCCCCCCCCCCCCCCCCOC(=O)CCCCCCCCCCCCCC. The molecule has 0 heterocycles. The molecular formula is C71H139NO5. The highest BCUT2D eigenvalue weighted by atomic mass is 16.5. The van der Waals surface area contributed by atoms with E-state index in [0.29, 0.717) is 19.4 Å². The third kappa shape index (κ3) is 63.6. The normalized spacial score (nSPS) is 12.5. The minimum Gasteiger partial charge on any atom is -0.466 e. The molecule has 0 aromatic heterocycles. The summed E-state index contributed by atoms with van der Waals surface area (Å²) < 4.78 is 5.48. The first kappa shape index (κ1) is 75.6. The van der Waals surface area contributed by atoms with Crippen LogP contribution in [0.3, 0.4) is 0 Å². The summed E-state index contributed by atoms with van der Waals surface area (Å²) in [4.78, 5) is 24.6. The van der Waals surface area contributed by atoms with Gasteiger partial charge in [-0.25, -0.2) is 0 Å². The minimum atomic E-state index is -0.845. The molecule has 458 valence electrons. The van der Waals surface area contributed by atoms with Gasteiger partial charge in [-0.2, -0.15) is 0 Å². The van der Waals surface area contributed by atoms with Crippen molar-refractivity contribution in [3.8, 4) is 0 Å². The molecule has 0 aliphatic rings. The fourth-order valence-corrected chi connectivity index (χ4v) is 11.4. The van der Waals surface area contributed by atoms with Crippen molar-refractivity contribution in [2.24, 2.45) is 0 Å². The number of esters is 1. The molecule has 0 aliphatic carbocycles. The molecular weight excluding hydrogens is 947 g/mol. The molecule has 2 atom stereocenters. The van der Waals surface area contributed by atoms with Crippen LogP contribution in [-0.4, -0.2) is 47.4 Å². The van der Waals surface area contributed by atoms with Crippen LogP contribution in [0.25, 0.3) is 0 Å². The summed E-state index contributed by atoms with van der Waals surface area (Å²) in [5, 5.41) is 23.3. The highest BCUT2D eigenvalue weighted by Crippen LogP contribution is 2.19. The van der Waals surface area contributed by atoms with Crippen LogP contribution in [0, 0.1) is 0 Å². The lowest BCUT2D eigenvalue weighted by Crippen LogP contribution is -2.45. The maximum Gasteiger partial charge on any atom is 0.305 e. The maximum absolute atomic E-state index is 12.5. The van der Waals surface area contributed by atoms with Crippen LogP contribution in [0.1, 0.15) is 406 Å². The second-order valence-electron chi connectivity index (χ2n) is 24.6. The molecule has 0 aromatic rings. The van der Waals surface area contributed by atoms with E-state index in [9.17, 15) is 19.8 Å².